The molecule has 0 saturated carbocycles. The Hall–Kier alpha value is -2.89. The zero-order valence-corrected chi connectivity index (χ0v) is 13.8. The highest BCUT2D eigenvalue weighted by Gasteiger charge is 2.25. The fraction of sp³-hybridized carbons (Fsp3) is 0.533. The second kappa shape index (κ2) is 6.31. The summed E-state index contributed by atoms with van der Waals surface area (Å²) in [6.07, 6.45) is 4.92. The average molecular weight is 328 g/mol. The minimum Gasteiger partial charge on any atom is -0.352 e. The van der Waals surface area contributed by atoms with Crippen molar-refractivity contribution in [2.75, 3.05) is 37.6 Å². The number of nitrogens with zero attached hydrogens (tertiary/aromatic N) is 7. The number of aromatic nitrogens is 4. The van der Waals surface area contributed by atoms with Crippen LogP contribution < -0.4 is 10.2 Å². The molecule has 0 aromatic carbocycles. The summed E-state index contributed by atoms with van der Waals surface area (Å²) in [6.45, 7) is 6.53. The molecular formula is C15H20N8O. The van der Waals surface area contributed by atoms with Crippen molar-refractivity contribution in [1.82, 2.24) is 29.8 Å². The molecule has 0 aliphatic carbocycles. The Balaban J connectivity index is 1.59. The molecule has 2 aromatic heterocycles. The molecule has 3 heterocycles. The van der Waals surface area contributed by atoms with Crippen LogP contribution in [0, 0.1) is 16.7 Å². The van der Waals surface area contributed by atoms with Crippen molar-refractivity contribution in [2.45, 2.75) is 13.8 Å². The van der Waals surface area contributed by atoms with Gasteiger partial charge in [-0.05, 0) is 13.8 Å². The van der Waals surface area contributed by atoms with Gasteiger partial charge in [-0.3, -0.25) is 4.98 Å². The second-order valence-electron chi connectivity index (χ2n) is 6.42. The molecule has 1 saturated heterocycles. The molecule has 0 unspecified atom stereocenters. The van der Waals surface area contributed by atoms with Gasteiger partial charge in [0.05, 0.1) is 23.9 Å². The summed E-state index contributed by atoms with van der Waals surface area (Å²) in [7, 11) is 0. The van der Waals surface area contributed by atoms with Crippen LogP contribution in [-0.4, -0.2) is 63.2 Å². The van der Waals surface area contributed by atoms with Gasteiger partial charge in [0, 0.05) is 32.7 Å². The summed E-state index contributed by atoms with van der Waals surface area (Å²) in [5.74, 6) is 0.871. The number of nitrogens with one attached hydrogen (secondary N) is 1. The smallest absolute Gasteiger partial charge is 0.317 e. The van der Waals surface area contributed by atoms with E-state index < -0.39 is 5.41 Å². The van der Waals surface area contributed by atoms with E-state index in [-0.39, 0.29) is 6.03 Å². The Morgan fingerprint density at radius 2 is 2.08 bits per heavy atom. The van der Waals surface area contributed by atoms with Gasteiger partial charge in [0.25, 0.3) is 0 Å². The molecule has 9 heteroatoms. The highest BCUT2D eigenvalue weighted by molar-refractivity contribution is 5.74. The predicted octanol–water partition coefficient (Wildman–Crippen LogP) is 0.506. The van der Waals surface area contributed by atoms with E-state index in [2.05, 4.69) is 31.4 Å². The zero-order chi connectivity index (χ0) is 17.2. The molecular weight excluding hydrogens is 308 g/mol. The summed E-state index contributed by atoms with van der Waals surface area (Å²) < 4.78 is 1.75. The lowest BCUT2D eigenvalue weighted by Gasteiger charge is -2.36. The predicted molar refractivity (Wildman–Crippen MR) is 87.4 cm³/mol. The van der Waals surface area contributed by atoms with Crippen LogP contribution in [0.2, 0.25) is 0 Å². The van der Waals surface area contributed by atoms with Crippen LogP contribution in [0.1, 0.15) is 13.8 Å². The third-order valence-electron chi connectivity index (χ3n) is 4.05. The van der Waals surface area contributed by atoms with Crippen molar-refractivity contribution in [3.63, 3.8) is 0 Å². The van der Waals surface area contributed by atoms with Crippen molar-refractivity contribution in [2.24, 2.45) is 5.41 Å². The minimum atomic E-state index is -0.564. The Bertz CT molecular complexity index is 769. The molecule has 2 amide bonds. The Labute approximate surface area is 139 Å². The number of carbonyl (C=O) groups excluding carboxylic acids is 1. The van der Waals surface area contributed by atoms with Gasteiger partial charge in [0.2, 0.25) is 0 Å². The van der Waals surface area contributed by atoms with E-state index >= 15 is 0 Å². The van der Waals surface area contributed by atoms with Gasteiger partial charge in [-0.25, -0.2) is 9.78 Å². The van der Waals surface area contributed by atoms with Crippen LogP contribution in [0.15, 0.2) is 18.7 Å². The SMILES string of the molecule is CC(C)(C#N)CNC(=O)N1CCN(c2cncc3ncnn23)CC1. The summed E-state index contributed by atoms with van der Waals surface area (Å²) in [5, 5.41) is 16.0. The molecule has 0 radical (unpaired) electrons. The molecule has 1 N–H and O–H groups in total. The number of amides is 2. The number of carbonyl (C=O) groups is 1. The maximum absolute atomic E-state index is 12.2. The fourth-order valence-corrected chi connectivity index (χ4v) is 2.54. The van der Waals surface area contributed by atoms with Crippen molar-refractivity contribution in [3.8, 4) is 6.07 Å². The van der Waals surface area contributed by atoms with E-state index in [0.717, 1.165) is 5.82 Å². The van der Waals surface area contributed by atoms with Crippen LogP contribution in [0.5, 0.6) is 0 Å². The Morgan fingerprint density at radius 3 is 2.79 bits per heavy atom. The van der Waals surface area contributed by atoms with Crippen LogP contribution in [0.3, 0.4) is 0 Å². The number of hydrogen-bond acceptors (Lipinski definition) is 6. The lowest BCUT2D eigenvalue weighted by Crippen LogP contribution is -2.53. The summed E-state index contributed by atoms with van der Waals surface area (Å²) in [4.78, 5) is 24.4. The Kier molecular flexibility index (Phi) is 4.20. The summed E-state index contributed by atoms with van der Waals surface area (Å²) in [5.41, 5.74) is 0.137. The van der Waals surface area contributed by atoms with Gasteiger partial charge >= 0.3 is 6.03 Å². The van der Waals surface area contributed by atoms with Crippen LogP contribution >= 0.6 is 0 Å². The summed E-state index contributed by atoms with van der Waals surface area (Å²) in [6, 6.07) is 2.05. The first kappa shape index (κ1) is 16.0. The van der Waals surface area contributed by atoms with Gasteiger partial charge in [-0.15, -0.1) is 0 Å². The normalized spacial score (nSPS) is 15.4. The highest BCUT2D eigenvalue weighted by atomic mass is 16.2. The maximum Gasteiger partial charge on any atom is 0.317 e. The minimum absolute atomic E-state index is 0.130. The molecule has 2 aromatic rings. The first-order valence-electron chi connectivity index (χ1n) is 7.83. The molecule has 0 spiro atoms. The van der Waals surface area contributed by atoms with Crippen molar-refractivity contribution < 1.29 is 4.79 Å². The largest absolute Gasteiger partial charge is 0.352 e. The maximum atomic E-state index is 12.2. The van der Waals surface area contributed by atoms with Gasteiger partial charge in [0.1, 0.15) is 6.33 Å². The number of nitriles is 1. The van der Waals surface area contributed by atoms with Gasteiger partial charge < -0.3 is 15.1 Å². The monoisotopic (exact) mass is 328 g/mol. The molecule has 1 fully saturated rings. The van der Waals surface area contributed by atoms with Crippen LogP contribution in [0.25, 0.3) is 5.65 Å². The molecule has 126 valence electrons. The van der Waals surface area contributed by atoms with Crippen LogP contribution in [0.4, 0.5) is 10.6 Å². The number of fused-ring (bicyclic) bond motifs is 1. The molecule has 9 nitrogen and oxygen atoms in total. The molecule has 0 atom stereocenters. The van der Waals surface area contributed by atoms with E-state index in [1.807, 2.05) is 0 Å². The van der Waals surface area contributed by atoms with Gasteiger partial charge in [-0.2, -0.15) is 14.9 Å². The molecule has 1 aliphatic rings. The van der Waals surface area contributed by atoms with Crippen molar-refractivity contribution in [1.29, 1.82) is 5.26 Å². The van der Waals surface area contributed by atoms with Crippen molar-refractivity contribution >= 4 is 17.5 Å². The fourth-order valence-electron chi connectivity index (χ4n) is 2.54. The first-order valence-corrected chi connectivity index (χ1v) is 7.83. The molecule has 1 aliphatic heterocycles. The lowest BCUT2D eigenvalue weighted by molar-refractivity contribution is 0.191. The van der Waals surface area contributed by atoms with Gasteiger partial charge in [0.15, 0.2) is 11.5 Å². The molecule has 0 bridgehead atoms. The second-order valence-corrected chi connectivity index (χ2v) is 6.42. The number of rotatable bonds is 3. The third-order valence-corrected chi connectivity index (χ3v) is 4.05. The molecule has 3 rings (SSSR count). The average Bonchev–Trinajstić information content (AvgIpc) is 3.08. The number of hydrogen-bond donors (Lipinski definition) is 1. The van der Waals surface area contributed by atoms with E-state index in [0.29, 0.717) is 38.4 Å². The summed E-state index contributed by atoms with van der Waals surface area (Å²) >= 11 is 0. The molecule has 24 heavy (non-hydrogen) atoms. The third kappa shape index (κ3) is 3.22. The van der Waals surface area contributed by atoms with Gasteiger partial charge in [-0.1, -0.05) is 0 Å². The lowest BCUT2D eigenvalue weighted by atomic mass is 9.96. The first-order chi connectivity index (χ1) is 11.5. The van der Waals surface area contributed by atoms with Crippen LogP contribution in [-0.2, 0) is 0 Å². The number of urea groups is 1. The van der Waals surface area contributed by atoms with E-state index in [9.17, 15) is 4.79 Å². The highest BCUT2D eigenvalue weighted by Crippen LogP contribution is 2.16. The van der Waals surface area contributed by atoms with E-state index in [1.54, 1.807) is 35.7 Å². The number of anilines is 1. The quantitative estimate of drug-likeness (QED) is 0.880. The topological polar surface area (TPSA) is 102 Å². The Morgan fingerprint density at radius 1 is 1.33 bits per heavy atom. The van der Waals surface area contributed by atoms with Crippen molar-refractivity contribution in [3.05, 3.63) is 18.7 Å². The van der Waals surface area contributed by atoms with E-state index in [4.69, 9.17) is 5.26 Å². The zero-order valence-electron chi connectivity index (χ0n) is 13.8. The van der Waals surface area contributed by atoms with E-state index in [1.165, 1.54) is 6.33 Å². The standard InChI is InChI=1S/C15H20N8O/c1-15(2,9-16)10-18-14(24)22-5-3-21(4-6-22)13-8-17-7-12-19-11-20-23(12)13/h7-8,11H,3-6,10H2,1-2H3,(H,18,24). The number of piperazine rings is 1.